The summed E-state index contributed by atoms with van der Waals surface area (Å²) in [7, 11) is -3.85. The molecule has 0 amide bonds. The highest BCUT2D eigenvalue weighted by atomic mass is 32.2. The first kappa shape index (κ1) is 15.3. The van der Waals surface area contributed by atoms with Gasteiger partial charge in [-0.15, -0.1) is 0 Å². The van der Waals surface area contributed by atoms with E-state index in [4.69, 9.17) is 9.52 Å². The van der Waals surface area contributed by atoms with Crippen LogP contribution in [-0.4, -0.2) is 19.5 Å². The monoisotopic (exact) mass is 309 g/mol. The Kier molecular flexibility index (Phi) is 4.15. The maximum atomic E-state index is 12.4. The molecule has 0 bridgehead atoms. The van der Waals surface area contributed by atoms with Crippen molar-refractivity contribution >= 4 is 16.0 Å². The number of furan rings is 1. The molecule has 2 rings (SSSR count). The van der Waals surface area contributed by atoms with E-state index >= 15 is 0 Å². The van der Waals surface area contributed by atoms with Crippen LogP contribution in [0.4, 0.5) is 0 Å². The van der Waals surface area contributed by atoms with Crippen molar-refractivity contribution in [2.24, 2.45) is 0 Å². The zero-order valence-electron chi connectivity index (χ0n) is 11.5. The van der Waals surface area contributed by atoms with Gasteiger partial charge >= 0.3 is 5.97 Å². The van der Waals surface area contributed by atoms with Gasteiger partial charge in [-0.2, -0.15) is 0 Å². The number of aromatic carboxylic acids is 1. The lowest BCUT2D eigenvalue weighted by Crippen LogP contribution is -2.27. The summed E-state index contributed by atoms with van der Waals surface area (Å²) in [6, 6.07) is 6.75. The number of aryl methyl sites for hydroxylation is 1. The first-order valence-electron chi connectivity index (χ1n) is 6.21. The molecule has 0 fully saturated rings. The smallest absolute Gasteiger partial charge is 0.335 e. The Morgan fingerprint density at radius 2 is 2.05 bits per heavy atom. The number of nitrogens with one attached hydrogen (secondary N) is 1. The molecule has 0 aliphatic carbocycles. The lowest BCUT2D eigenvalue weighted by molar-refractivity contribution is 0.0696. The standard InChI is InChI=1S/C14H15NO5S/c1-9-5-6-11(14(16)17)8-13(9)21(18,19)15-10(2)12-4-3-7-20-12/h3-8,10,15H,1-2H3,(H,16,17). The Hall–Kier alpha value is -2.12. The number of carbonyl (C=O) groups is 1. The normalized spacial score (nSPS) is 13.0. The quantitative estimate of drug-likeness (QED) is 0.883. The molecule has 0 aliphatic rings. The average Bonchev–Trinajstić information content (AvgIpc) is 2.92. The minimum atomic E-state index is -3.85. The van der Waals surface area contributed by atoms with E-state index in [0.29, 0.717) is 11.3 Å². The van der Waals surface area contributed by atoms with Crippen LogP contribution in [0.1, 0.15) is 34.6 Å². The predicted octanol–water partition coefficient (Wildman–Crippen LogP) is 2.33. The van der Waals surface area contributed by atoms with E-state index in [1.54, 1.807) is 26.0 Å². The van der Waals surface area contributed by atoms with Crippen molar-refractivity contribution in [2.45, 2.75) is 24.8 Å². The zero-order chi connectivity index (χ0) is 15.6. The molecule has 0 aliphatic heterocycles. The van der Waals surface area contributed by atoms with Crippen LogP contribution in [0.3, 0.4) is 0 Å². The van der Waals surface area contributed by atoms with Crippen molar-refractivity contribution in [2.75, 3.05) is 0 Å². The fourth-order valence-electron chi connectivity index (χ4n) is 1.91. The fourth-order valence-corrected chi connectivity index (χ4v) is 3.40. The van der Waals surface area contributed by atoms with E-state index < -0.39 is 22.0 Å². The number of sulfonamides is 1. The fraction of sp³-hybridized carbons (Fsp3) is 0.214. The number of hydrogen-bond donors (Lipinski definition) is 2. The van der Waals surface area contributed by atoms with Gasteiger partial charge in [-0.1, -0.05) is 6.07 Å². The molecule has 1 heterocycles. The highest BCUT2D eigenvalue weighted by molar-refractivity contribution is 7.89. The number of carboxylic acid groups (broad SMARTS) is 1. The van der Waals surface area contributed by atoms with Gasteiger partial charge in [0.15, 0.2) is 0 Å². The van der Waals surface area contributed by atoms with Crippen molar-refractivity contribution in [3.05, 3.63) is 53.5 Å². The van der Waals surface area contributed by atoms with Crippen LogP contribution in [0.15, 0.2) is 45.9 Å². The molecule has 112 valence electrons. The molecule has 1 aromatic heterocycles. The van der Waals surface area contributed by atoms with E-state index in [-0.39, 0.29) is 10.5 Å². The van der Waals surface area contributed by atoms with Gasteiger partial charge in [0.2, 0.25) is 10.0 Å². The van der Waals surface area contributed by atoms with Crippen molar-refractivity contribution in [1.82, 2.24) is 4.72 Å². The summed E-state index contributed by atoms with van der Waals surface area (Å²) in [5.41, 5.74) is 0.394. The van der Waals surface area contributed by atoms with Gasteiger partial charge in [0.1, 0.15) is 5.76 Å². The summed E-state index contributed by atoms with van der Waals surface area (Å²) in [4.78, 5) is 10.9. The van der Waals surface area contributed by atoms with Gasteiger partial charge in [-0.3, -0.25) is 0 Å². The Labute approximate surface area is 122 Å². The Balaban J connectivity index is 2.35. The number of benzene rings is 1. The van der Waals surface area contributed by atoms with Crippen molar-refractivity contribution in [3.63, 3.8) is 0 Å². The third kappa shape index (κ3) is 3.32. The van der Waals surface area contributed by atoms with E-state index in [9.17, 15) is 13.2 Å². The van der Waals surface area contributed by atoms with Crippen LogP contribution >= 0.6 is 0 Å². The van der Waals surface area contributed by atoms with E-state index in [2.05, 4.69) is 4.72 Å². The Bertz CT molecular complexity index is 750. The maximum absolute atomic E-state index is 12.4. The molecule has 2 N–H and O–H groups in total. The average molecular weight is 309 g/mol. The molecule has 7 heteroatoms. The second-order valence-corrected chi connectivity index (χ2v) is 6.33. The highest BCUT2D eigenvalue weighted by Gasteiger charge is 2.22. The van der Waals surface area contributed by atoms with Gasteiger partial charge in [0, 0.05) is 0 Å². The topological polar surface area (TPSA) is 96.6 Å². The van der Waals surface area contributed by atoms with Crippen LogP contribution in [0, 0.1) is 6.92 Å². The molecule has 21 heavy (non-hydrogen) atoms. The van der Waals surface area contributed by atoms with Crippen LogP contribution in [-0.2, 0) is 10.0 Å². The largest absolute Gasteiger partial charge is 0.478 e. The van der Waals surface area contributed by atoms with Gasteiger partial charge < -0.3 is 9.52 Å². The summed E-state index contributed by atoms with van der Waals surface area (Å²) in [5.74, 6) is -0.698. The first-order chi connectivity index (χ1) is 9.81. The zero-order valence-corrected chi connectivity index (χ0v) is 12.3. The van der Waals surface area contributed by atoms with Crippen molar-refractivity contribution in [1.29, 1.82) is 0 Å². The third-order valence-electron chi connectivity index (χ3n) is 3.03. The molecular formula is C14H15NO5S. The minimum absolute atomic E-state index is 0.0548. The molecule has 0 radical (unpaired) electrons. The second-order valence-electron chi connectivity index (χ2n) is 4.64. The Morgan fingerprint density at radius 3 is 2.62 bits per heavy atom. The van der Waals surface area contributed by atoms with Crippen LogP contribution < -0.4 is 4.72 Å². The predicted molar refractivity (Wildman–Crippen MR) is 75.6 cm³/mol. The Morgan fingerprint density at radius 1 is 1.33 bits per heavy atom. The lowest BCUT2D eigenvalue weighted by atomic mass is 10.1. The number of rotatable bonds is 5. The van der Waals surface area contributed by atoms with Crippen LogP contribution in [0.5, 0.6) is 0 Å². The van der Waals surface area contributed by atoms with Crippen LogP contribution in [0.25, 0.3) is 0 Å². The summed E-state index contributed by atoms with van der Waals surface area (Å²) >= 11 is 0. The van der Waals surface area contributed by atoms with Crippen LogP contribution in [0.2, 0.25) is 0 Å². The maximum Gasteiger partial charge on any atom is 0.335 e. The van der Waals surface area contributed by atoms with Gasteiger partial charge in [0.25, 0.3) is 0 Å². The van der Waals surface area contributed by atoms with E-state index in [0.717, 1.165) is 6.07 Å². The van der Waals surface area contributed by atoms with Crippen molar-refractivity contribution < 1.29 is 22.7 Å². The molecule has 1 unspecified atom stereocenters. The molecule has 0 saturated carbocycles. The number of hydrogen-bond acceptors (Lipinski definition) is 4. The summed E-state index contributed by atoms with van der Waals surface area (Å²) in [6.45, 7) is 3.25. The molecule has 0 spiro atoms. The van der Waals surface area contributed by atoms with E-state index in [1.807, 2.05) is 0 Å². The third-order valence-corrected chi connectivity index (χ3v) is 4.71. The van der Waals surface area contributed by atoms with Crippen molar-refractivity contribution in [3.8, 4) is 0 Å². The van der Waals surface area contributed by atoms with E-state index in [1.165, 1.54) is 18.4 Å². The van der Waals surface area contributed by atoms with Gasteiger partial charge in [-0.25, -0.2) is 17.9 Å². The molecule has 2 aromatic rings. The molecule has 1 aromatic carbocycles. The molecule has 1 atom stereocenters. The summed E-state index contributed by atoms with van der Waals surface area (Å²) < 4.78 is 32.4. The highest BCUT2D eigenvalue weighted by Crippen LogP contribution is 2.21. The first-order valence-corrected chi connectivity index (χ1v) is 7.69. The molecule has 6 nitrogen and oxygen atoms in total. The lowest BCUT2D eigenvalue weighted by Gasteiger charge is -2.14. The van der Waals surface area contributed by atoms with Gasteiger partial charge in [-0.05, 0) is 43.7 Å². The summed E-state index contributed by atoms with van der Waals surface area (Å²) in [6.07, 6.45) is 1.45. The molecular weight excluding hydrogens is 294 g/mol. The minimum Gasteiger partial charge on any atom is -0.478 e. The molecule has 0 saturated heterocycles. The second kappa shape index (κ2) is 5.71. The van der Waals surface area contributed by atoms with Gasteiger partial charge in [0.05, 0.1) is 22.8 Å². The summed E-state index contributed by atoms with van der Waals surface area (Å²) in [5, 5.41) is 8.97. The number of carboxylic acids is 1. The SMILES string of the molecule is Cc1ccc(C(=O)O)cc1S(=O)(=O)NC(C)c1ccco1.